The molecule has 0 bridgehead atoms. The van der Waals surface area contributed by atoms with E-state index in [4.69, 9.17) is 10.2 Å². The molecule has 4 heteroatoms. The molecule has 0 atom stereocenters. The van der Waals surface area contributed by atoms with Gasteiger partial charge in [0.05, 0.1) is 6.61 Å². The van der Waals surface area contributed by atoms with Crippen LogP contribution in [-0.4, -0.2) is 47.3 Å². The van der Waals surface area contributed by atoms with Crippen LogP contribution >= 0.6 is 0 Å². The molecule has 0 radical (unpaired) electrons. The summed E-state index contributed by atoms with van der Waals surface area (Å²) in [5, 5.41) is 16.7. The van der Waals surface area contributed by atoms with Crippen LogP contribution in [0.15, 0.2) is 0 Å². The van der Waals surface area contributed by atoms with Gasteiger partial charge in [-0.3, -0.25) is 4.79 Å². The Hall–Kier alpha value is -0.610. The topological polar surface area (TPSA) is 60.8 Å². The standard InChI is InChI=1S/C8H16O2.C6H15NO/c1-7(2)5-3-4-6-8(9)10;1-3-7(4-2)5-6-8/h7H,3-6H2,1-2H3,(H,9,10);8H,3-6H2,1-2H3. The molecule has 0 aromatic heterocycles. The average molecular weight is 261 g/mol. The average Bonchev–Trinajstić information content (AvgIpc) is 2.32. The molecule has 0 unspecified atom stereocenters. The van der Waals surface area contributed by atoms with Crippen LogP contribution in [-0.2, 0) is 4.79 Å². The molecule has 0 aliphatic heterocycles. The van der Waals surface area contributed by atoms with Crippen LogP contribution in [0.25, 0.3) is 0 Å². The maximum absolute atomic E-state index is 10.0. The lowest BCUT2D eigenvalue weighted by Gasteiger charge is -2.15. The Bertz CT molecular complexity index is 180. The number of nitrogens with zero attached hydrogens (tertiary/aromatic N) is 1. The Kier molecular flexibility index (Phi) is 15.8. The van der Waals surface area contributed by atoms with E-state index >= 15 is 0 Å². The number of unbranched alkanes of at least 4 members (excludes halogenated alkanes) is 1. The summed E-state index contributed by atoms with van der Waals surface area (Å²) in [6, 6.07) is 0. The first kappa shape index (κ1) is 19.7. The summed E-state index contributed by atoms with van der Waals surface area (Å²) in [5.74, 6) is 0.0255. The number of carboxylic acid groups (broad SMARTS) is 1. The summed E-state index contributed by atoms with van der Waals surface area (Å²) in [7, 11) is 0. The summed E-state index contributed by atoms with van der Waals surface area (Å²) < 4.78 is 0. The first-order chi connectivity index (χ1) is 8.47. The highest BCUT2D eigenvalue weighted by atomic mass is 16.4. The highest BCUT2D eigenvalue weighted by Gasteiger charge is 1.97. The van der Waals surface area contributed by atoms with Crippen molar-refractivity contribution in [1.82, 2.24) is 4.90 Å². The van der Waals surface area contributed by atoms with Gasteiger partial charge in [-0.25, -0.2) is 0 Å². The molecular weight excluding hydrogens is 230 g/mol. The van der Waals surface area contributed by atoms with Crippen LogP contribution < -0.4 is 0 Å². The number of aliphatic hydroxyl groups is 1. The fourth-order valence-electron chi connectivity index (χ4n) is 1.51. The Morgan fingerprint density at radius 1 is 1.17 bits per heavy atom. The Morgan fingerprint density at radius 2 is 1.72 bits per heavy atom. The Morgan fingerprint density at radius 3 is 2.00 bits per heavy atom. The van der Waals surface area contributed by atoms with Gasteiger partial charge in [-0.1, -0.05) is 40.5 Å². The number of aliphatic hydroxyl groups excluding tert-OH is 1. The lowest BCUT2D eigenvalue weighted by molar-refractivity contribution is -0.137. The van der Waals surface area contributed by atoms with Crippen molar-refractivity contribution in [1.29, 1.82) is 0 Å². The fraction of sp³-hybridized carbons (Fsp3) is 0.929. The maximum atomic E-state index is 10.0. The molecule has 0 aromatic rings. The number of likely N-dealkylation sites (N-methyl/N-ethyl adjacent to an activating group) is 1. The van der Waals surface area contributed by atoms with E-state index in [1.165, 1.54) is 0 Å². The van der Waals surface area contributed by atoms with Crippen LogP contribution in [0.1, 0.15) is 53.4 Å². The molecule has 0 saturated heterocycles. The molecule has 4 nitrogen and oxygen atoms in total. The van der Waals surface area contributed by atoms with Gasteiger partial charge >= 0.3 is 5.97 Å². The highest BCUT2D eigenvalue weighted by Crippen LogP contribution is 2.07. The van der Waals surface area contributed by atoms with Crippen molar-refractivity contribution >= 4 is 5.97 Å². The lowest BCUT2D eigenvalue weighted by atomic mass is 10.1. The zero-order valence-corrected chi connectivity index (χ0v) is 12.5. The van der Waals surface area contributed by atoms with Crippen molar-refractivity contribution in [3.05, 3.63) is 0 Å². The number of hydrogen-bond donors (Lipinski definition) is 2. The molecule has 18 heavy (non-hydrogen) atoms. The minimum Gasteiger partial charge on any atom is -0.481 e. The lowest BCUT2D eigenvalue weighted by Crippen LogP contribution is -2.25. The summed E-state index contributed by atoms with van der Waals surface area (Å²) in [6.45, 7) is 11.7. The van der Waals surface area contributed by atoms with Crippen LogP contribution in [0.2, 0.25) is 0 Å². The van der Waals surface area contributed by atoms with Gasteiger partial charge < -0.3 is 15.1 Å². The minimum absolute atomic E-state index is 0.279. The predicted molar refractivity (Wildman–Crippen MR) is 75.8 cm³/mol. The third-order valence-electron chi connectivity index (χ3n) is 2.73. The molecule has 0 heterocycles. The van der Waals surface area contributed by atoms with Crippen LogP contribution in [0.3, 0.4) is 0 Å². The zero-order valence-electron chi connectivity index (χ0n) is 12.5. The molecule has 0 amide bonds. The quantitative estimate of drug-likeness (QED) is 0.626. The molecule has 110 valence electrons. The van der Waals surface area contributed by atoms with Gasteiger partial charge in [-0.15, -0.1) is 0 Å². The van der Waals surface area contributed by atoms with Gasteiger partial charge in [0.25, 0.3) is 0 Å². The largest absolute Gasteiger partial charge is 0.481 e. The van der Waals surface area contributed by atoms with Crippen molar-refractivity contribution in [3.63, 3.8) is 0 Å². The second-order valence-corrected chi connectivity index (χ2v) is 4.78. The number of aliphatic carboxylic acids is 1. The molecule has 0 rings (SSSR count). The van der Waals surface area contributed by atoms with E-state index in [2.05, 4.69) is 32.6 Å². The highest BCUT2D eigenvalue weighted by molar-refractivity contribution is 5.66. The first-order valence-electron chi connectivity index (χ1n) is 7.02. The van der Waals surface area contributed by atoms with Crippen molar-refractivity contribution in [2.24, 2.45) is 5.92 Å². The van der Waals surface area contributed by atoms with E-state index in [-0.39, 0.29) is 6.61 Å². The Labute approximate surface area is 112 Å². The second kappa shape index (κ2) is 14.5. The fourth-order valence-corrected chi connectivity index (χ4v) is 1.51. The smallest absolute Gasteiger partial charge is 0.303 e. The summed E-state index contributed by atoms with van der Waals surface area (Å²) >= 11 is 0. The van der Waals surface area contributed by atoms with E-state index in [1.54, 1.807) is 0 Å². The van der Waals surface area contributed by atoms with Crippen molar-refractivity contribution in [3.8, 4) is 0 Å². The predicted octanol–water partition coefficient (Wildman–Crippen LogP) is 2.61. The first-order valence-corrected chi connectivity index (χ1v) is 7.02. The van der Waals surface area contributed by atoms with Gasteiger partial charge in [-0.2, -0.15) is 0 Å². The second-order valence-electron chi connectivity index (χ2n) is 4.78. The molecule has 0 aromatic carbocycles. The van der Waals surface area contributed by atoms with Gasteiger partial charge in [0.1, 0.15) is 0 Å². The van der Waals surface area contributed by atoms with E-state index in [0.29, 0.717) is 12.3 Å². The molecule has 2 N–H and O–H groups in total. The molecule has 0 fully saturated rings. The summed E-state index contributed by atoms with van der Waals surface area (Å²) in [4.78, 5) is 12.2. The molecule has 0 saturated carbocycles. The van der Waals surface area contributed by atoms with Crippen LogP contribution in [0, 0.1) is 5.92 Å². The number of rotatable bonds is 9. The van der Waals surface area contributed by atoms with Gasteiger partial charge in [0.2, 0.25) is 0 Å². The Balaban J connectivity index is 0. The van der Waals surface area contributed by atoms with Crippen LogP contribution in [0.4, 0.5) is 0 Å². The normalized spacial score (nSPS) is 10.4. The van der Waals surface area contributed by atoms with Crippen molar-refractivity contribution < 1.29 is 15.0 Å². The third kappa shape index (κ3) is 17.8. The van der Waals surface area contributed by atoms with E-state index in [9.17, 15) is 4.79 Å². The SMILES string of the molecule is CC(C)CCCCC(=O)O.CCN(CC)CCO. The summed E-state index contributed by atoms with van der Waals surface area (Å²) in [5.41, 5.74) is 0. The zero-order chi connectivity index (χ0) is 14.4. The number of carbonyl (C=O) groups is 1. The van der Waals surface area contributed by atoms with Gasteiger partial charge in [0, 0.05) is 13.0 Å². The van der Waals surface area contributed by atoms with Crippen molar-refractivity contribution in [2.75, 3.05) is 26.2 Å². The van der Waals surface area contributed by atoms with E-state index in [1.807, 2.05) is 0 Å². The summed E-state index contributed by atoms with van der Waals surface area (Å²) in [6.07, 6.45) is 3.34. The van der Waals surface area contributed by atoms with Gasteiger partial charge in [0.15, 0.2) is 0 Å². The molecule has 0 aliphatic rings. The van der Waals surface area contributed by atoms with Crippen LogP contribution in [0.5, 0.6) is 0 Å². The van der Waals surface area contributed by atoms with Crippen molar-refractivity contribution in [2.45, 2.75) is 53.4 Å². The molecule has 0 aliphatic carbocycles. The maximum Gasteiger partial charge on any atom is 0.303 e. The third-order valence-corrected chi connectivity index (χ3v) is 2.73. The van der Waals surface area contributed by atoms with E-state index in [0.717, 1.165) is 38.9 Å². The van der Waals surface area contributed by atoms with E-state index < -0.39 is 5.97 Å². The number of carboxylic acids is 1. The monoisotopic (exact) mass is 261 g/mol. The number of hydrogen-bond acceptors (Lipinski definition) is 3. The molecule has 0 spiro atoms. The minimum atomic E-state index is -0.677. The van der Waals surface area contributed by atoms with Gasteiger partial charge in [-0.05, 0) is 25.4 Å². The molecular formula is C14H31NO3.